The van der Waals surface area contributed by atoms with Crippen LogP contribution in [0.5, 0.6) is 0 Å². The van der Waals surface area contributed by atoms with Crippen molar-refractivity contribution in [2.45, 2.75) is 58.8 Å². The van der Waals surface area contributed by atoms with Gasteiger partial charge in [0.1, 0.15) is 6.29 Å². The third-order valence-electron chi connectivity index (χ3n) is 7.77. The van der Waals surface area contributed by atoms with E-state index in [-0.39, 0.29) is 0 Å². The van der Waals surface area contributed by atoms with E-state index in [0.717, 1.165) is 30.5 Å². The molecule has 0 unspecified atom stereocenters. The third kappa shape index (κ3) is 1.80. The molecule has 4 aliphatic rings. The van der Waals surface area contributed by atoms with Gasteiger partial charge in [0.2, 0.25) is 0 Å². The zero-order valence-corrected chi connectivity index (χ0v) is 14.0. The maximum absolute atomic E-state index is 11.0. The largest absolute Gasteiger partial charge is 0.299 e. The van der Waals surface area contributed by atoms with E-state index in [4.69, 9.17) is 0 Å². The molecular formula is C21H28O. The first-order valence-electron chi connectivity index (χ1n) is 9.11. The van der Waals surface area contributed by atoms with Crippen molar-refractivity contribution in [2.24, 2.45) is 28.6 Å². The minimum Gasteiger partial charge on any atom is -0.299 e. The molecule has 0 aromatic rings. The lowest BCUT2D eigenvalue weighted by atomic mass is 9.48. The van der Waals surface area contributed by atoms with Gasteiger partial charge in [0.05, 0.1) is 0 Å². The summed E-state index contributed by atoms with van der Waals surface area (Å²) in [4.78, 5) is 11.0. The zero-order valence-electron chi connectivity index (χ0n) is 14.0. The summed E-state index contributed by atoms with van der Waals surface area (Å²) in [6.07, 6.45) is 19.1. The first-order valence-corrected chi connectivity index (χ1v) is 9.11. The van der Waals surface area contributed by atoms with Gasteiger partial charge < -0.3 is 0 Å². The molecule has 0 radical (unpaired) electrons. The fourth-order valence-corrected chi connectivity index (χ4v) is 6.50. The van der Waals surface area contributed by atoms with Crippen molar-refractivity contribution in [3.8, 4) is 0 Å². The maximum Gasteiger partial charge on any atom is 0.142 e. The Hall–Kier alpha value is -1.11. The number of allylic oxidation sites excluding steroid dienone is 6. The SMILES string of the molecule is C[C@]12CCC=CC1=CC[C@@H]1[C@@H]2CC[C@]2(C)C(=CC=O)CC[C@@H]12. The van der Waals surface area contributed by atoms with E-state index in [0.29, 0.717) is 10.8 Å². The lowest BCUT2D eigenvalue weighted by molar-refractivity contribution is -0.104. The molecule has 0 aromatic carbocycles. The van der Waals surface area contributed by atoms with Crippen molar-refractivity contribution in [1.29, 1.82) is 0 Å². The molecule has 0 aliphatic heterocycles. The molecule has 0 spiro atoms. The van der Waals surface area contributed by atoms with Crippen molar-refractivity contribution in [1.82, 2.24) is 0 Å². The summed E-state index contributed by atoms with van der Waals surface area (Å²) in [5.74, 6) is 2.47. The number of hydrogen-bond donors (Lipinski definition) is 0. The number of aldehydes is 1. The second-order valence-electron chi connectivity index (χ2n) is 8.45. The van der Waals surface area contributed by atoms with E-state index in [1.165, 1.54) is 44.1 Å². The van der Waals surface area contributed by atoms with Crippen molar-refractivity contribution >= 4 is 6.29 Å². The van der Waals surface area contributed by atoms with E-state index in [1.54, 1.807) is 5.57 Å². The average Bonchev–Trinajstić information content (AvgIpc) is 2.84. The first-order chi connectivity index (χ1) is 10.6. The zero-order chi connectivity index (χ0) is 15.4. The van der Waals surface area contributed by atoms with Gasteiger partial charge in [0, 0.05) is 0 Å². The summed E-state index contributed by atoms with van der Waals surface area (Å²) in [6.45, 7) is 4.97. The van der Waals surface area contributed by atoms with Crippen molar-refractivity contribution in [3.63, 3.8) is 0 Å². The summed E-state index contributed by atoms with van der Waals surface area (Å²) in [5.41, 5.74) is 3.77. The molecule has 4 aliphatic carbocycles. The van der Waals surface area contributed by atoms with Crippen LogP contribution in [-0.4, -0.2) is 6.29 Å². The Bertz CT molecular complexity index is 581. The van der Waals surface area contributed by atoms with Gasteiger partial charge in [-0.15, -0.1) is 0 Å². The molecule has 2 saturated carbocycles. The van der Waals surface area contributed by atoms with Crippen LogP contribution in [-0.2, 0) is 4.79 Å². The Morgan fingerprint density at radius 3 is 2.77 bits per heavy atom. The molecule has 1 nitrogen and oxygen atoms in total. The molecule has 118 valence electrons. The molecule has 5 atom stereocenters. The van der Waals surface area contributed by atoms with Crippen LogP contribution in [0.3, 0.4) is 0 Å². The molecule has 0 N–H and O–H groups in total. The molecule has 0 heterocycles. The van der Waals surface area contributed by atoms with E-state index < -0.39 is 0 Å². The molecule has 0 saturated heterocycles. The van der Waals surface area contributed by atoms with Crippen molar-refractivity contribution in [3.05, 3.63) is 35.5 Å². The summed E-state index contributed by atoms with van der Waals surface area (Å²) >= 11 is 0. The minimum absolute atomic E-state index is 0.300. The molecule has 1 heteroatoms. The molecular weight excluding hydrogens is 268 g/mol. The fraction of sp³-hybridized carbons (Fsp3) is 0.667. The topological polar surface area (TPSA) is 17.1 Å². The van der Waals surface area contributed by atoms with Crippen LogP contribution in [0.1, 0.15) is 58.8 Å². The Labute approximate surface area is 134 Å². The van der Waals surface area contributed by atoms with Crippen LogP contribution in [0.15, 0.2) is 35.5 Å². The van der Waals surface area contributed by atoms with Gasteiger partial charge in [-0.05, 0) is 85.2 Å². The predicted octanol–water partition coefficient (Wildman–Crippen LogP) is 5.24. The average molecular weight is 296 g/mol. The van der Waals surface area contributed by atoms with Crippen LogP contribution < -0.4 is 0 Å². The number of fused-ring (bicyclic) bond motifs is 5. The van der Waals surface area contributed by atoms with Gasteiger partial charge in [-0.3, -0.25) is 4.79 Å². The molecule has 4 rings (SSSR count). The Kier molecular flexibility index (Phi) is 3.25. The van der Waals surface area contributed by atoms with Gasteiger partial charge in [0.25, 0.3) is 0 Å². The predicted molar refractivity (Wildman–Crippen MR) is 90.4 cm³/mol. The highest BCUT2D eigenvalue weighted by molar-refractivity contribution is 5.67. The summed E-state index contributed by atoms with van der Waals surface area (Å²) < 4.78 is 0. The maximum atomic E-state index is 11.0. The van der Waals surface area contributed by atoms with Gasteiger partial charge in [-0.1, -0.05) is 37.6 Å². The summed E-state index contributed by atoms with van der Waals surface area (Å²) in [7, 11) is 0. The first kappa shape index (κ1) is 14.5. The highest BCUT2D eigenvalue weighted by Crippen LogP contribution is 2.65. The molecule has 0 aromatic heterocycles. The number of rotatable bonds is 1. The van der Waals surface area contributed by atoms with E-state index in [1.807, 2.05) is 6.08 Å². The second-order valence-corrected chi connectivity index (χ2v) is 8.45. The lowest BCUT2D eigenvalue weighted by Gasteiger charge is -2.56. The Balaban J connectivity index is 1.71. The normalized spacial score (nSPS) is 48.4. The van der Waals surface area contributed by atoms with Gasteiger partial charge in [-0.25, -0.2) is 0 Å². The van der Waals surface area contributed by atoms with Crippen LogP contribution in [0.2, 0.25) is 0 Å². The van der Waals surface area contributed by atoms with Crippen LogP contribution >= 0.6 is 0 Å². The highest BCUT2D eigenvalue weighted by Gasteiger charge is 2.56. The van der Waals surface area contributed by atoms with Crippen molar-refractivity contribution < 1.29 is 4.79 Å². The quantitative estimate of drug-likeness (QED) is 0.477. The lowest BCUT2D eigenvalue weighted by Crippen LogP contribution is -2.48. The third-order valence-corrected chi connectivity index (χ3v) is 7.77. The number of hydrogen-bond acceptors (Lipinski definition) is 1. The summed E-state index contributed by atoms with van der Waals surface area (Å²) in [6, 6.07) is 0. The number of carbonyl (C=O) groups is 1. The highest BCUT2D eigenvalue weighted by atomic mass is 16.1. The molecule has 2 fully saturated rings. The fourth-order valence-electron chi connectivity index (χ4n) is 6.50. The van der Waals surface area contributed by atoms with Crippen LogP contribution in [0, 0.1) is 28.6 Å². The number of carbonyl (C=O) groups excluding carboxylic acids is 1. The van der Waals surface area contributed by atoms with Gasteiger partial charge in [0.15, 0.2) is 0 Å². The van der Waals surface area contributed by atoms with E-state index in [9.17, 15) is 4.79 Å². The van der Waals surface area contributed by atoms with Crippen LogP contribution in [0.25, 0.3) is 0 Å². The van der Waals surface area contributed by atoms with Crippen LogP contribution in [0.4, 0.5) is 0 Å². The van der Waals surface area contributed by atoms with E-state index >= 15 is 0 Å². The smallest absolute Gasteiger partial charge is 0.142 e. The van der Waals surface area contributed by atoms with Crippen molar-refractivity contribution in [2.75, 3.05) is 0 Å². The van der Waals surface area contributed by atoms with E-state index in [2.05, 4.69) is 32.1 Å². The molecule has 0 amide bonds. The second kappa shape index (κ2) is 4.94. The summed E-state index contributed by atoms with van der Waals surface area (Å²) in [5, 5.41) is 0. The molecule has 0 bridgehead atoms. The Morgan fingerprint density at radius 2 is 1.95 bits per heavy atom. The molecule has 22 heavy (non-hydrogen) atoms. The minimum atomic E-state index is 0.300. The Morgan fingerprint density at radius 1 is 1.14 bits per heavy atom. The monoisotopic (exact) mass is 296 g/mol. The van der Waals surface area contributed by atoms with Gasteiger partial charge in [-0.2, -0.15) is 0 Å². The van der Waals surface area contributed by atoms with Gasteiger partial charge >= 0.3 is 0 Å². The standard InChI is InChI=1S/C21H28O/c1-20-12-4-3-5-15(20)6-8-17-18-9-7-16(11-14-22)21(18,2)13-10-19(17)20/h3,5-6,11,14,17-19H,4,7-10,12-13H2,1-2H3/t17-,18-,19-,20-,21+/m0/s1.